The molecule has 0 aromatic heterocycles. The standard InChI is InChI=1S/C8H8N2O2/c11-6-2-4-10-8(12)7-5(6)1-3-9-7/h4,9H,1-3H2. The van der Waals surface area contributed by atoms with E-state index in [1.807, 2.05) is 0 Å². The van der Waals surface area contributed by atoms with Crippen LogP contribution in [0, 0.1) is 0 Å². The Morgan fingerprint density at radius 1 is 1.42 bits per heavy atom. The monoisotopic (exact) mass is 164 g/mol. The number of nitrogens with zero attached hydrogens (tertiary/aromatic N) is 1. The van der Waals surface area contributed by atoms with E-state index in [1.54, 1.807) is 0 Å². The van der Waals surface area contributed by atoms with Crippen molar-refractivity contribution in [2.75, 3.05) is 6.54 Å². The zero-order chi connectivity index (χ0) is 8.55. The lowest BCUT2D eigenvalue weighted by Crippen LogP contribution is -2.14. The van der Waals surface area contributed by atoms with Crippen LogP contribution in [0.2, 0.25) is 0 Å². The lowest BCUT2D eigenvalue weighted by atomic mass is 10.1. The zero-order valence-corrected chi connectivity index (χ0v) is 6.46. The van der Waals surface area contributed by atoms with Crippen molar-refractivity contribution in [2.24, 2.45) is 4.99 Å². The van der Waals surface area contributed by atoms with Crippen molar-refractivity contribution in [3.63, 3.8) is 0 Å². The first-order valence-electron chi connectivity index (χ1n) is 3.86. The summed E-state index contributed by atoms with van der Waals surface area (Å²) in [5.74, 6) is -0.294. The third-order valence-electron chi connectivity index (χ3n) is 2.01. The van der Waals surface area contributed by atoms with Crippen LogP contribution in [0.3, 0.4) is 0 Å². The lowest BCUT2D eigenvalue weighted by Gasteiger charge is -1.96. The summed E-state index contributed by atoms with van der Waals surface area (Å²) in [6, 6.07) is 0. The third kappa shape index (κ3) is 0.958. The fourth-order valence-electron chi connectivity index (χ4n) is 1.43. The molecule has 1 amide bonds. The van der Waals surface area contributed by atoms with E-state index in [0.29, 0.717) is 24.2 Å². The highest BCUT2D eigenvalue weighted by Gasteiger charge is 2.26. The van der Waals surface area contributed by atoms with Crippen LogP contribution in [0.1, 0.15) is 12.8 Å². The molecule has 0 aromatic rings. The average Bonchev–Trinajstić information content (AvgIpc) is 2.47. The molecule has 0 bridgehead atoms. The van der Waals surface area contributed by atoms with Gasteiger partial charge >= 0.3 is 0 Å². The van der Waals surface area contributed by atoms with Crippen LogP contribution < -0.4 is 5.32 Å². The van der Waals surface area contributed by atoms with Crippen molar-refractivity contribution >= 4 is 17.9 Å². The lowest BCUT2D eigenvalue weighted by molar-refractivity contribution is -0.116. The summed E-state index contributed by atoms with van der Waals surface area (Å²) in [5, 5.41) is 2.87. The van der Waals surface area contributed by atoms with Gasteiger partial charge in [-0.05, 0) is 6.42 Å². The van der Waals surface area contributed by atoms with Crippen LogP contribution in [-0.2, 0) is 9.59 Å². The Morgan fingerprint density at radius 2 is 2.25 bits per heavy atom. The Morgan fingerprint density at radius 3 is 3.08 bits per heavy atom. The van der Waals surface area contributed by atoms with E-state index in [0.717, 1.165) is 0 Å². The molecule has 2 heterocycles. The topological polar surface area (TPSA) is 58.5 Å². The molecule has 2 aliphatic heterocycles. The summed E-state index contributed by atoms with van der Waals surface area (Å²) >= 11 is 0. The number of ketones is 1. The van der Waals surface area contributed by atoms with Crippen molar-refractivity contribution in [3.05, 3.63) is 11.3 Å². The van der Waals surface area contributed by atoms with Crippen molar-refractivity contribution in [3.8, 4) is 0 Å². The molecule has 2 aliphatic rings. The average molecular weight is 164 g/mol. The fourth-order valence-corrected chi connectivity index (χ4v) is 1.43. The SMILES string of the molecule is O=C1CC=NC(=O)C2=C1CCN2. The van der Waals surface area contributed by atoms with Gasteiger partial charge in [-0.3, -0.25) is 9.59 Å². The second-order valence-electron chi connectivity index (χ2n) is 2.77. The molecular formula is C8H8N2O2. The number of Topliss-reactive ketones (excluding diaryl/α,β-unsaturated/α-hetero) is 1. The van der Waals surface area contributed by atoms with Gasteiger partial charge in [0.05, 0.1) is 0 Å². The van der Waals surface area contributed by atoms with Gasteiger partial charge in [0.15, 0.2) is 5.78 Å². The number of hydrogen-bond donors (Lipinski definition) is 1. The van der Waals surface area contributed by atoms with Crippen LogP contribution in [0.15, 0.2) is 16.3 Å². The quantitative estimate of drug-likeness (QED) is 0.539. The highest BCUT2D eigenvalue weighted by molar-refractivity contribution is 6.14. The number of nitrogens with one attached hydrogen (secondary N) is 1. The van der Waals surface area contributed by atoms with Crippen LogP contribution in [0.5, 0.6) is 0 Å². The molecule has 0 aromatic carbocycles. The van der Waals surface area contributed by atoms with E-state index in [-0.39, 0.29) is 18.1 Å². The van der Waals surface area contributed by atoms with E-state index in [1.165, 1.54) is 6.21 Å². The molecule has 4 nitrogen and oxygen atoms in total. The van der Waals surface area contributed by atoms with E-state index in [2.05, 4.69) is 10.3 Å². The van der Waals surface area contributed by atoms with E-state index in [9.17, 15) is 9.59 Å². The van der Waals surface area contributed by atoms with Crippen LogP contribution >= 0.6 is 0 Å². The molecule has 0 saturated carbocycles. The Kier molecular flexibility index (Phi) is 1.53. The van der Waals surface area contributed by atoms with Gasteiger partial charge in [-0.25, -0.2) is 4.99 Å². The molecule has 0 unspecified atom stereocenters. The minimum atomic E-state index is -0.312. The number of aliphatic imine (C=N–C) groups is 1. The van der Waals surface area contributed by atoms with Crippen molar-refractivity contribution < 1.29 is 9.59 Å². The largest absolute Gasteiger partial charge is 0.380 e. The molecule has 12 heavy (non-hydrogen) atoms. The second kappa shape index (κ2) is 2.55. The molecule has 0 spiro atoms. The first-order valence-corrected chi connectivity index (χ1v) is 3.86. The number of rotatable bonds is 0. The van der Waals surface area contributed by atoms with Gasteiger partial charge < -0.3 is 5.32 Å². The molecule has 62 valence electrons. The molecule has 0 atom stereocenters. The maximum absolute atomic E-state index is 11.3. The van der Waals surface area contributed by atoms with Gasteiger partial charge in [0.2, 0.25) is 0 Å². The first kappa shape index (κ1) is 7.21. The number of carbonyl (C=O) groups is 2. The summed E-state index contributed by atoms with van der Waals surface area (Å²) in [6.45, 7) is 0.678. The van der Waals surface area contributed by atoms with Gasteiger partial charge in [0.25, 0.3) is 5.91 Å². The maximum Gasteiger partial charge on any atom is 0.293 e. The highest BCUT2D eigenvalue weighted by atomic mass is 16.2. The first-order chi connectivity index (χ1) is 5.79. The van der Waals surface area contributed by atoms with Crippen LogP contribution in [0.25, 0.3) is 0 Å². The summed E-state index contributed by atoms with van der Waals surface area (Å²) in [5.41, 5.74) is 1.03. The Hall–Kier alpha value is -1.45. The highest BCUT2D eigenvalue weighted by Crippen LogP contribution is 2.18. The Bertz CT molecular complexity index is 315. The predicted octanol–water partition coefficient (Wildman–Crippen LogP) is -0.196. The molecule has 0 saturated heterocycles. The molecule has 4 heteroatoms. The van der Waals surface area contributed by atoms with E-state index < -0.39 is 0 Å². The minimum absolute atomic E-state index is 0.0181. The molecular weight excluding hydrogens is 156 g/mol. The van der Waals surface area contributed by atoms with Crippen LogP contribution in [-0.4, -0.2) is 24.4 Å². The van der Waals surface area contributed by atoms with E-state index in [4.69, 9.17) is 0 Å². The fraction of sp³-hybridized carbons (Fsp3) is 0.375. The number of hydrogen-bond acceptors (Lipinski definition) is 3. The van der Waals surface area contributed by atoms with E-state index >= 15 is 0 Å². The second-order valence-corrected chi connectivity index (χ2v) is 2.77. The van der Waals surface area contributed by atoms with Gasteiger partial charge in [0.1, 0.15) is 5.70 Å². The number of amides is 1. The molecule has 0 fully saturated rings. The molecule has 0 aliphatic carbocycles. The van der Waals surface area contributed by atoms with Crippen molar-refractivity contribution in [2.45, 2.75) is 12.8 Å². The summed E-state index contributed by atoms with van der Waals surface area (Å²) in [6.07, 6.45) is 2.29. The molecule has 0 radical (unpaired) electrons. The predicted molar refractivity (Wildman–Crippen MR) is 42.8 cm³/mol. The van der Waals surface area contributed by atoms with Crippen molar-refractivity contribution in [1.82, 2.24) is 5.32 Å². The van der Waals surface area contributed by atoms with Gasteiger partial charge in [0, 0.05) is 24.8 Å². The van der Waals surface area contributed by atoms with Crippen molar-refractivity contribution in [1.29, 1.82) is 0 Å². The maximum atomic E-state index is 11.3. The third-order valence-corrected chi connectivity index (χ3v) is 2.01. The smallest absolute Gasteiger partial charge is 0.293 e. The molecule has 2 rings (SSSR count). The Balaban J connectivity index is 2.45. The van der Waals surface area contributed by atoms with Crippen LogP contribution in [0.4, 0.5) is 0 Å². The zero-order valence-electron chi connectivity index (χ0n) is 6.46. The van der Waals surface area contributed by atoms with Gasteiger partial charge in [-0.2, -0.15) is 0 Å². The van der Waals surface area contributed by atoms with Gasteiger partial charge in [-0.1, -0.05) is 0 Å². The van der Waals surface area contributed by atoms with Gasteiger partial charge in [-0.15, -0.1) is 0 Å². The number of carbonyl (C=O) groups excluding carboxylic acids is 2. The summed E-state index contributed by atoms with van der Waals surface area (Å²) in [4.78, 5) is 26.1. The normalized spacial score (nSPS) is 22.3. The summed E-state index contributed by atoms with van der Waals surface area (Å²) in [7, 11) is 0. The Labute approximate surface area is 69.4 Å². The summed E-state index contributed by atoms with van der Waals surface area (Å²) < 4.78 is 0. The molecule has 1 N–H and O–H groups in total. The minimum Gasteiger partial charge on any atom is -0.380 e.